The second-order valence-corrected chi connectivity index (χ2v) is 12.0. The number of methoxy groups -OCH3 is 1. The molecule has 0 bridgehead atoms. The fourth-order valence-electron chi connectivity index (χ4n) is 3.79. The highest BCUT2D eigenvalue weighted by Crippen LogP contribution is 2.26. The Kier molecular flexibility index (Phi) is 10.3. The molecular weight excluding hydrogens is 533 g/mol. The third-order valence-electron chi connectivity index (χ3n) is 5.89. The van der Waals surface area contributed by atoms with Crippen molar-refractivity contribution in [2.45, 2.75) is 45.6 Å². The van der Waals surface area contributed by atoms with E-state index in [1.54, 1.807) is 43.3 Å². The van der Waals surface area contributed by atoms with Crippen molar-refractivity contribution in [2.75, 3.05) is 19.4 Å². The van der Waals surface area contributed by atoms with Gasteiger partial charge in [0.1, 0.15) is 16.6 Å². The minimum Gasteiger partial charge on any atom is -0.497 e. The smallest absolute Gasteiger partial charge is 0.256 e. The SMILES string of the molecule is CCS(=O)(=O)NC(O)c1nc(CN(CCCc2cccc(F)c2)C(=O)[C@H](O)c2ccc(OC)cc2)sc1C. The van der Waals surface area contributed by atoms with Crippen molar-refractivity contribution >= 4 is 27.3 Å². The maximum absolute atomic E-state index is 13.6. The number of hydrogen-bond donors (Lipinski definition) is 3. The molecule has 0 saturated carbocycles. The number of aliphatic hydroxyl groups is 2. The van der Waals surface area contributed by atoms with Crippen molar-refractivity contribution in [2.24, 2.45) is 0 Å². The highest BCUT2D eigenvalue weighted by Gasteiger charge is 2.26. The Morgan fingerprint density at radius 3 is 2.55 bits per heavy atom. The second-order valence-electron chi connectivity index (χ2n) is 8.64. The molecule has 3 aromatic rings. The quantitative estimate of drug-likeness (QED) is 0.272. The number of benzene rings is 2. The minimum atomic E-state index is -3.67. The van der Waals surface area contributed by atoms with E-state index < -0.39 is 28.3 Å². The number of hydrogen-bond acceptors (Lipinski definition) is 8. The molecule has 0 radical (unpaired) electrons. The molecular formula is C26H32FN3O6S2. The third-order valence-corrected chi connectivity index (χ3v) is 8.21. The van der Waals surface area contributed by atoms with Crippen molar-refractivity contribution in [3.8, 4) is 5.75 Å². The second kappa shape index (κ2) is 13.3. The van der Waals surface area contributed by atoms with Crippen LogP contribution in [0.3, 0.4) is 0 Å². The van der Waals surface area contributed by atoms with Gasteiger partial charge in [-0.2, -0.15) is 4.72 Å². The number of amides is 1. The first-order valence-electron chi connectivity index (χ1n) is 12.0. The molecule has 3 rings (SSSR count). The van der Waals surface area contributed by atoms with Crippen molar-refractivity contribution in [3.63, 3.8) is 0 Å². The van der Waals surface area contributed by atoms with Crippen LogP contribution in [-0.4, -0.2) is 53.8 Å². The molecule has 0 fully saturated rings. The lowest BCUT2D eigenvalue weighted by Crippen LogP contribution is -2.36. The van der Waals surface area contributed by atoms with Gasteiger partial charge in [-0.15, -0.1) is 11.3 Å². The average Bonchev–Trinajstić information content (AvgIpc) is 3.27. The molecule has 0 spiro atoms. The van der Waals surface area contributed by atoms with Crippen LogP contribution >= 0.6 is 11.3 Å². The number of nitrogens with zero attached hydrogens (tertiary/aromatic N) is 2. The summed E-state index contributed by atoms with van der Waals surface area (Å²) in [5, 5.41) is 21.7. The Bertz CT molecular complexity index is 1330. The number of aromatic nitrogens is 1. The summed E-state index contributed by atoms with van der Waals surface area (Å²) in [6.45, 7) is 3.44. The first kappa shape index (κ1) is 29.7. The van der Waals surface area contributed by atoms with Crippen LogP contribution in [0.25, 0.3) is 0 Å². The van der Waals surface area contributed by atoms with Gasteiger partial charge in [-0.3, -0.25) is 4.79 Å². The van der Waals surface area contributed by atoms with E-state index in [1.165, 1.54) is 42.4 Å². The molecule has 206 valence electrons. The molecule has 3 N–H and O–H groups in total. The molecule has 1 heterocycles. The highest BCUT2D eigenvalue weighted by atomic mass is 32.2. The Morgan fingerprint density at radius 1 is 1.21 bits per heavy atom. The molecule has 38 heavy (non-hydrogen) atoms. The van der Waals surface area contributed by atoms with E-state index in [0.717, 1.165) is 5.56 Å². The van der Waals surface area contributed by atoms with Gasteiger partial charge in [0, 0.05) is 11.4 Å². The number of sulfonamides is 1. The number of carbonyl (C=O) groups excluding carboxylic acids is 1. The van der Waals surface area contributed by atoms with Gasteiger partial charge >= 0.3 is 0 Å². The summed E-state index contributed by atoms with van der Waals surface area (Å²) < 4.78 is 44.6. The monoisotopic (exact) mass is 565 g/mol. The predicted molar refractivity (Wildman–Crippen MR) is 142 cm³/mol. The summed E-state index contributed by atoms with van der Waals surface area (Å²) in [5.41, 5.74) is 1.34. The van der Waals surface area contributed by atoms with Gasteiger partial charge in [0.15, 0.2) is 12.3 Å². The zero-order chi connectivity index (χ0) is 27.9. The van der Waals surface area contributed by atoms with E-state index in [2.05, 4.69) is 9.71 Å². The van der Waals surface area contributed by atoms with E-state index in [4.69, 9.17) is 4.74 Å². The minimum absolute atomic E-state index is 0.0357. The van der Waals surface area contributed by atoms with Gasteiger partial charge in [-0.05, 0) is 62.1 Å². The number of rotatable bonds is 13. The van der Waals surface area contributed by atoms with Crippen molar-refractivity contribution < 1.29 is 32.6 Å². The third kappa shape index (κ3) is 8.05. The van der Waals surface area contributed by atoms with Gasteiger partial charge in [0.25, 0.3) is 5.91 Å². The van der Waals surface area contributed by atoms with Crippen LogP contribution in [0.4, 0.5) is 4.39 Å². The highest BCUT2D eigenvalue weighted by molar-refractivity contribution is 7.89. The molecule has 9 nitrogen and oxygen atoms in total. The molecule has 1 aromatic heterocycles. The van der Waals surface area contributed by atoms with Crippen LogP contribution in [0, 0.1) is 12.7 Å². The van der Waals surface area contributed by atoms with Crippen LogP contribution in [0.5, 0.6) is 5.75 Å². The first-order valence-corrected chi connectivity index (χ1v) is 14.5. The largest absolute Gasteiger partial charge is 0.497 e. The van der Waals surface area contributed by atoms with E-state index in [9.17, 15) is 27.8 Å². The lowest BCUT2D eigenvalue weighted by molar-refractivity contribution is -0.141. The lowest BCUT2D eigenvalue weighted by atomic mass is 10.1. The summed E-state index contributed by atoms with van der Waals surface area (Å²) in [6, 6.07) is 12.7. The Morgan fingerprint density at radius 2 is 1.92 bits per heavy atom. The molecule has 0 saturated heterocycles. The normalized spacial score (nSPS) is 13.2. The first-order chi connectivity index (χ1) is 18.0. The molecule has 1 unspecified atom stereocenters. The average molecular weight is 566 g/mol. The summed E-state index contributed by atoms with van der Waals surface area (Å²) in [5.74, 6) is -0.496. The topological polar surface area (TPSA) is 129 Å². The van der Waals surface area contributed by atoms with Gasteiger partial charge < -0.3 is 19.8 Å². The molecule has 2 atom stereocenters. The Hall–Kier alpha value is -2.90. The fraction of sp³-hybridized carbons (Fsp3) is 0.385. The van der Waals surface area contributed by atoms with Crippen LogP contribution in [-0.2, 0) is 27.8 Å². The number of nitrogens with one attached hydrogen (secondary N) is 1. The summed E-state index contributed by atoms with van der Waals surface area (Å²) in [6.07, 6.45) is -1.94. The Balaban J connectivity index is 1.79. The zero-order valence-corrected chi connectivity index (χ0v) is 23.1. The molecule has 2 aromatic carbocycles. The van der Waals surface area contributed by atoms with Gasteiger partial charge in [0.05, 0.1) is 25.1 Å². The molecule has 0 aliphatic rings. The number of aryl methyl sites for hydroxylation is 2. The van der Waals surface area contributed by atoms with E-state index in [-0.39, 0.29) is 30.4 Å². The maximum Gasteiger partial charge on any atom is 0.256 e. The summed E-state index contributed by atoms with van der Waals surface area (Å²) in [7, 11) is -2.15. The lowest BCUT2D eigenvalue weighted by Gasteiger charge is -2.25. The van der Waals surface area contributed by atoms with E-state index in [0.29, 0.717) is 34.0 Å². The van der Waals surface area contributed by atoms with E-state index >= 15 is 0 Å². The summed E-state index contributed by atoms with van der Waals surface area (Å²) >= 11 is 1.22. The van der Waals surface area contributed by atoms with Crippen LogP contribution in [0.15, 0.2) is 48.5 Å². The van der Waals surface area contributed by atoms with Crippen molar-refractivity contribution in [1.29, 1.82) is 0 Å². The van der Waals surface area contributed by atoms with Gasteiger partial charge in [-0.25, -0.2) is 17.8 Å². The fourth-order valence-corrected chi connectivity index (χ4v) is 5.39. The number of carbonyl (C=O) groups is 1. The van der Waals surface area contributed by atoms with E-state index in [1.807, 2.05) is 0 Å². The number of ether oxygens (including phenoxy) is 1. The maximum atomic E-state index is 13.6. The molecule has 0 aliphatic carbocycles. The van der Waals surface area contributed by atoms with Crippen LogP contribution in [0.1, 0.15) is 52.4 Å². The molecule has 0 aliphatic heterocycles. The van der Waals surface area contributed by atoms with Crippen LogP contribution < -0.4 is 9.46 Å². The predicted octanol–water partition coefficient (Wildman–Crippen LogP) is 3.22. The van der Waals surface area contributed by atoms with Gasteiger partial charge in [0.2, 0.25) is 10.0 Å². The number of thiazole rings is 1. The molecule has 12 heteroatoms. The Labute approximate surface area is 226 Å². The molecule has 1 amide bonds. The van der Waals surface area contributed by atoms with Crippen molar-refractivity contribution in [1.82, 2.24) is 14.6 Å². The zero-order valence-electron chi connectivity index (χ0n) is 21.4. The number of halogens is 1. The summed E-state index contributed by atoms with van der Waals surface area (Å²) in [4.78, 5) is 19.8. The number of aliphatic hydroxyl groups excluding tert-OH is 2. The standard InChI is InChI=1S/C26H32FN3O6S2/c1-4-38(34,35)29-25(32)23-17(2)37-22(28-23)16-30(14-6-8-18-7-5-9-20(27)15-18)26(33)24(31)19-10-12-21(36-3)13-11-19/h5,7,9-13,15,24-25,29,31-32H,4,6,8,14,16H2,1-3H3/t24-,25?/m1/s1. The van der Waals surface area contributed by atoms with Crippen LogP contribution in [0.2, 0.25) is 0 Å². The van der Waals surface area contributed by atoms with Gasteiger partial charge in [-0.1, -0.05) is 24.3 Å². The van der Waals surface area contributed by atoms with Crippen molar-refractivity contribution in [3.05, 3.63) is 81.1 Å².